The molecule has 4 nitrogen and oxygen atoms in total. The number of halogens is 2. The lowest BCUT2D eigenvalue weighted by molar-refractivity contribution is -0.118. The van der Waals surface area contributed by atoms with Crippen LogP contribution in [0.2, 0.25) is 0 Å². The van der Waals surface area contributed by atoms with E-state index in [4.69, 9.17) is 5.11 Å². The maximum absolute atomic E-state index is 13.3. The zero-order chi connectivity index (χ0) is 14.6. The smallest absolute Gasteiger partial charge is 0.238 e. The molecule has 1 rings (SSSR count). The molecular weight excluding hydrogens is 254 g/mol. The van der Waals surface area contributed by atoms with E-state index in [2.05, 4.69) is 5.32 Å². The molecule has 0 aromatic heterocycles. The average molecular weight is 272 g/mol. The molecule has 0 radical (unpaired) electrons. The van der Waals surface area contributed by atoms with Crippen molar-refractivity contribution >= 4 is 11.6 Å². The van der Waals surface area contributed by atoms with Crippen molar-refractivity contribution in [1.82, 2.24) is 4.90 Å². The van der Waals surface area contributed by atoms with Crippen LogP contribution in [0.5, 0.6) is 0 Å². The highest BCUT2D eigenvalue weighted by atomic mass is 19.1. The Morgan fingerprint density at radius 1 is 1.37 bits per heavy atom. The second-order valence-electron chi connectivity index (χ2n) is 4.97. The summed E-state index contributed by atoms with van der Waals surface area (Å²) in [5.41, 5.74) is -1.05. The van der Waals surface area contributed by atoms with Crippen molar-refractivity contribution in [2.75, 3.05) is 25.5 Å². The summed E-state index contributed by atoms with van der Waals surface area (Å²) in [5, 5.41) is 11.4. The van der Waals surface area contributed by atoms with Crippen LogP contribution in [0.25, 0.3) is 0 Å². The molecule has 0 saturated carbocycles. The quantitative estimate of drug-likeness (QED) is 0.856. The van der Waals surface area contributed by atoms with Crippen LogP contribution >= 0.6 is 0 Å². The van der Waals surface area contributed by atoms with Crippen molar-refractivity contribution in [3.63, 3.8) is 0 Å². The number of rotatable bonds is 5. The summed E-state index contributed by atoms with van der Waals surface area (Å²) >= 11 is 0. The van der Waals surface area contributed by atoms with Crippen molar-refractivity contribution in [3.8, 4) is 0 Å². The first kappa shape index (κ1) is 15.5. The molecule has 1 aromatic rings. The predicted octanol–water partition coefficient (Wildman–Crippen LogP) is 1.61. The summed E-state index contributed by atoms with van der Waals surface area (Å²) < 4.78 is 26.7. The van der Waals surface area contributed by atoms with Crippen molar-refractivity contribution in [2.24, 2.45) is 0 Å². The molecular formula is C13H18F2N2O2. The summed E-state index contributed by atoms with van der Waals surface area (Å²) in [4.78, 5) is 13.3. The molecule has 0 aliphatic carbocycles. The van der Waals surface area contributed by atoms with E-state index in [0.29, 0.717) is 0 Å². The fraction of sp³-hybridized carbons (Fsp3) is 0.462. The normalized spacial score (nSPS) is 11.7. The zero-order valence-electron chi connectivity index (χ0n) is 11.2. The molecule has 0 unspecified atom stereocenters. The largest absolute Gasteiger partial charge is 0.394 e. The van der Waals surface area contributed by atoms with Crippen molar-refractivity contribution in [2.45, 2.75) is 19.4 Å². The fourth-order valence-corrected chi connectivity index (χ4v) is 1.35. The lowest BCUT2D eigenvalue weighted by Gasteiger charge is -2.33. The monoisotopic (exact) mass is 272 g/mol. The van der Waals surface area contributed by atoms with Gasteiger partial charge in [0.15, 0.2) is 0 Å². The molecule has 19 heavy (non-hydrogen) atoms. The van der Waals surface area contributed by atoms with Crippen LogP contribution in [0.3, 0.4) is 0 Å². The van der Waals surface area contributed by atoms with Crippen LogP contribution in [-0.4, -0.2) is 41.7 Å². The molecule has 1 aromatic carbocycles. The summed E-state index contributed by atoms with van der Waals surface area (Å²) in [7, 11) is 1.65. The Morgan fingerprint density at radius 2 is 1.89 bits per heavy atom. The Labute approximate surface area is 111 Å². The number of carbonyl (C=O) groups excluding carboxylic acids is 1. The van der Waals surface area contributed by atoms with E-state index in [0.717, 1.165) is 12.1 Å². The zero-order valence-corrected chi connectivity index (χ0v) is 11.2. The van der Waals surface area contributed by atoms with Crippen molar-refractivity contribution < 1.29 is 18.7 Å². The van der Waals surface area contributed by atoms with Crippen molar-refractivity contribution in [3.05, 3.63) is 29.8 Å². The molecule has 1 amide bonds. The molecule has 0 bridgehead atoms. The topological polar surface area (TPSA) is 52.6 Å². The van der Waals surface area contributed by atoms with E-state index in [1.165, 1.54) is 6.07 Å². The van der Waals surface area contributed by atoms with Crippen LogP contribution in [0.4, 0.5) is 14.5 Å². The van der Waals surface area contributed by atoms with E-state index in [9.17, 15) is 13.6 Å². The van der Waals surface area contributed by atoms with Crippen LogP contribution < -0.4 is 5.32 Å². The highest BCUT2D eigenvalue weighted by Crippen LogP contribution is 2.18. The number of carbonyl (C=O) groups is 1. The molecule has 6 heteroatoms. The lowest BCUT2D eigenvalue weighted by Crippen LogP contribution is -2.47. The second kappa shape index (κ2) is 6.08. The maximum Gasteiger partial charge on any atom is 0.238 e. The third kappa shape index (κ3) is 3.97. The number of hydrogen-bond donors (Lipinski definition) is 2. The number of aliphatic hydroxyl groups is 1. The Morgan fingerprint density at radius 3 is 2.37 bits per heavy atom. The summed E-state index contributed by atoms with van der Waals surface area (Å²) in [6.07, 6.45) is 0. The van der Waals surface area contributed by atoms with E-state index in [-0.39, 0.29) is 13.2 Å². The van der Waals surface area contributed by atoms with Gasteiger partial charge in [0.2, 0.25) is 5.91 Å². The summed E-state index contributed by atoms with van der Waals surface area (Å²) in [6.45, 7) is 3.29. The number of likely N-dealkylation sites (N-methyl/N-ethyl adjacent to an activating group) is 1. The summed E-state index contributed by atoms with van der Waals surface area (Å²) in [6, 6.07) is 3.36. The molecule has 0 fully saturated rings. The van der Waals surface area contributed by atoms with Gasteiger partial charge < -0.3 is 10.4 Å². The van der Waals surface area contributed by atoms with Gasteiger partial charge in [0.05, 0.1) is 13.2 Å². The Kier molecular flexibility index (Phi) is 4.97. The SMILES string of the molecule is CN(CC(=O)Nc1c(F)cccc1F)C(C)(C)CO. The van der Waals surface area contributed by atoms with Gasteiger partial charge in [-0.15, -0.1) is 0 Å². The second-order valence-corrected chi connectivity index (χ2v) is 4.97. The van der Waals surface area contributed by atoms with Gasteiger partial charge in [-0.1, -0.05) is 6.07 Å². The van der Waals surface area contributed by atoms with E-state index in [1.807, 2.05) is 0 Å². The molecule has 0 heterocycles. The Hall–Kier alpha value is -1.53. The standard InChI is InChI=1S/C13H18F2N2O2/c1-13(2,8-18)17(3)7-11(19)16-12-9(14)5-4-6-10(12)15/h4-6,18H,7-8H2,1-3H3,(H,16,19). The first-order valence-corrected chi connectivity index (χ1v) is 5.84. The summed E-state index contributed by atoms with van der Waals surface area (Å²) in [5.74, 6) is -2.19. The number of para-hydroxylation sites is 1. The van der Waals surface area contributed by atoms with Gasteiger partial charge >= 0.3 is 0 Å². The molecule has 0 saturated heterocycles. The molecule has 0 spiro atoms. The maximum atomic E-state index is 13.3. The van der Waals surface area contributed by atoms with E-state index >= 15 is 0 Å². The van der Waals surface area contributed by atoms with Crippen LogP contribution in [0, 0.1) is 11.6 Å². The minimum absolute atomic E-state index is 0.0820. The van der Waals surface area contributed by atoms with Crippen molar-refractivity contribution in [1.29, 1.82) is 0 Å². The predicted molar refractivity (Wildman–Crippen MR) is 68.8 cm³/mol. The van der Waals surface area contributed by atoms with Crippen LogP contribution in [0.1, 0.15) is 13.8 Å². The number of nitrogens with one attached hydrogen (secondary N) is 1. The number of aliphatic hydroxyl groups excluding tert-OH is 1. The number of nitrogens with zero attached hydrogens (tertiary/aromatic N) is 1. The van der Waals surface area contributed by atoms with Gasteiger partial charge in [0.1, 0.15) is 17.3 Å². The third-order valence-electron chi connectivity index (χ3n) is 3.03. The van der Waals surface area contributed by atoms with Gasteiger partial charge in [0, 0.05) is 5.54 Å². The Balaban J connectivity index is 2.71. The molecule has 2 N–H and O–H groups in total. The lowest BCUT2D eigenvalue weighted by atomic mass is 10.1. The number of benzene rings is 1. The molecule has 0 aliphatic heterocycles. The first-order valence-electron chi connectivity index (χ1n) is 5.84. The van der Waals surface area contributed by atoms with Gasteiger partial charge in [-0.05, 0) is 33.0 Å². The van der Waals surface area contributed by atoms with Gasteiger partial charge in [-0.25, -0.2) is 8.78 Å². The van der Waals surface area contributed by atoms with E-state index in [1.54, 1.807) is 25.8 Å². The van der Waals surface area contributed by atoms with Gasteiger partial charge in [0.25, 0.3) is 0 Å². The highest BCUT2D eigenvalue weighted by Gasteiger charge is 2.24. The number of hydrogen-bond acceptors (Lipinski definition) is 3. The van der Waals surface area contributed by atoms with Gasteiger partial charge in [-0.2, -0.15) is 0 Å². The number of anilines is 1. The molecule has 106 valence electrons. The van der Waals surface area contributed by atoms with Gasteiger partial charge in [-0.3, -0.25) is 9.69 Å². The third-order valence-corrected chi connectivity index (χ3v) is 3.03. The molecule has 0 atom stereocenters. The first-order chi connectivity index (χ1) is 8.77. The highest BCUT2D eigenvalue weighted by molar-refractivity contribution is 5.92. The Bertz CT molecular complexity index is 444. The fourth-order valence-electron chi connectivity index (χ4n) is 1.35. The van der Waals surface area contributed by atoms with Crippen LogP contribution in [0.15, 0.2) is 18.2 Å². The minimum Gasteiger partial charge on any atom is -0.394 e. The van der Waals surface area contributed by atoms with E-state index < -0.39 is 28.8 Å². The molecule has 0 aliphatic rings. The average Bonchev–Trinajstić information content (AvgIpc) is 2.34. The number of amides is 1. The van der Waals surface area contributed by atoms with Crippen LogP contribution in [-0.2, 0) is 4.79 Å². The minimum atomic E-state index is -0.822.